The number of hydrogen-bond acceptors (Lipinski definition) is 2. The Morgan fingerprint density at radius 2 is 1.79 bits per heavy atom. The quantitative estimate of drug-likeness (QED) is 0.770. The van der Waals surface area contributed by atoms with Gasteiger partial charge in [0.25, 0.3) is 5.91 Å². The van der Waals surface area contributed by atoms with Crippen LogP contribution in [0.2, 0.25) is 0 Å². The molecule has 2 heterocycles. The molecule has 0 saturated carbocycles. The van der Waals surface area contributed by atoms with Crippen LogP contribution in [0.5, 0.6) is 0 Å². The van der Waals surface area contributed by atoms with Gasteiger partial charge in [-0.2, -0.15) is 0 Å². The Kier molecular flexibility index (Phi) is 3.16. The second kappa shape index (κ2) is 5.12. The Morgan fingerprint density at radius 3 is 2.53 bits per heavy atom. The number of para-hydroxylation sites is 2. The van der Waals surface area contributed by atoms with Crippen LogP contribution in [0.1, 0.15) is 9.67 Å². The predicted octanol–water partition coefficient (Wildman–Crippen LogP) is 3.79. The summed E-state index contributed by atoms with van der Waals surface area (Å²) in [6, 6.07) is 15.4. The molecule has 0 aliphatic carbocycles. The molecule has 94 valence electrons. The number of hydrogen-bond donors (Lipinski definition) is 1. The topological polar surface area (TPSA) is 34.0 Å². The normalized spacial score (nSPS) is 10.3. The fraction of sp³-hybridized carbons (Fsp3) is 0. The van der Waals surface area contributed by atoms with E-state index in [-0.39, 0.29) is 5.91 Å². The molecule has 19 heavy (non-hydrogen) atoms. The first-order chi connectivity index (χ1) is 9.34. The van der Waals surface area contributed by atoms with E-state index >= 15 is 0 Å². The molecule has 0 radical (unpaired) electrons. The summed E-state index contributed by atoms with van der Waals surface area (Å²) >= 11 is 1.43. The monoisotopic (exact) mass is 268 g/mol. The standard InChI is InChI=1S/C15H12N2OS/c18-15(14-8-5-11-19-14)16-12-6-1-2-7-13(12)17-9-3-4-10-17/h1-11H,(H,16,18). The summed E-state index contributed by atoms with van der Waals surface area (Å²) in [4.78, 5) is 12.8. The largest absolute Gasteiger partial charge is 0.322 e. The van der Waals surface area contributed by atoms with E-state index < -0.39 is 0 Å². The van der Waals surface area contributed by atoms with Gasteiger partial charge in [-0.25, -0.2) is 0 Å². The van der Waals surface area contributed by atoms with Gasteiger partial charge in [0.1, 0.15) is 0 Å². The molecule has 4 heteroatoms. The molecule has 0 bridgehead atoms. The zero-order valence-corrected chi connectivity index (χ0v) is 10.9. The zero-order chi connectivity index (χ0) is 13.1. The lowest BCUT2D eigenvalue weighted by Gasteiger charge is -2.11. The minimum atomic E-state index is -0.0744. The van der Waals surface area contributed by atoms with Crippen molar-refractivity contribution in [1.82, 2.24) is 4.57 Å². The van der Waals surface area contributed by atoms with E-state index in [1.165, 1.54) is 11.3 Å². The number of thiophene rings is 1. The summed E-state index contributed by atoms with van der Waals surface area (Å²) in [5.74, 6) is -0.0744. The Balaban J connectivity index is 1.92. The van der Waals surface area contributed by atoms with Gasteiger partial charge in [-0.3, -0.25) is 4.79 Å². The molecular formula is C15H12N2OS. The third-order valence-electron chi connectivity index (χ3n) is 2.78. The van der Waals surface area contributed by atoms with Gasteiger partial charge >= 0.3 is 0 Å². The van der Waals surface area contributed by atoms with E-state index in [0.29, 0.717) is 4.88 Å². The SMILES string of the molecule is O=C(Nc1ccccc1-n1cccc1)c1cccs1. The summed E-state index contributed by atoms with van der Waals surface area (Å²) in [5.41, 5.74) is 1.76. The molecule has 1 amide bonds. The molecule has 0 fully saturated rings. The minimum absolute atomic E-state index is 0.0744. The maximum Gasteiger partial charge on any atom is 0.265 e. The summed E-state index contributed by atoms with van der Waals surface area (Å²) in [5, 5.41) is 4.85. The highest BCUT2D eigenvalue weighted by atomic mass is 32.1. The van der Waals surface area contributed by atoms with Gasteiger partial charge in [-0.15, -0.1) is 11.3 Å². The zero-order valence-electron chi connectivity index (χ0n) is 10.1. The van der Waals surface area contributed by atoms with Crippen LogP contribution in [0.3, 0.4) is 0 Å². The van der Waals surface area contributed by atoms with Crippen molar-refractivity contribution in [2.45, 2.75) is 0 Å². The number of nitrogens with zero attached hydrogens (tertiary/aromatic N) is 1. The molecule has 3 nitrogen and oxygen atoms in total. The van der Waals surface area contributed by atoms with Crippen LogP contribution in [0.15, 0.2) is 66.3 Å². The van der Waals surface area contributed by atoms with Gasteiger partial charge in [0.15, 0.2) is 0 Å². The molecule has 0 aliphatic rings. The molecule has 0 spiro atoms. The number of aromatic nitrogens is 1. The number of nitrogens with one attached hydrogen (secondary N) is 1. The van der Waals surface area contributed by atoms with E-state index in [0.717, 1.165) is 11.4 Å². The van der Waals surface area contributed by atoms with Crippen molar-refractivity contribution in [2.24, 2.45) is 0 Å². The molecule has 3 rings (SSSR count). The Bertz CT molecular complexity index is 672. The third kappa shape index (κ3) is 2.44. The number of amides is 1. The average Bonchev–Trinajstić information content (AvgIpc) is 3.13. The molecule has 2 aromatic heterocycles. The van der Waals surface area contributed by atoms with Crippen LogP contribution in [-0.4, -0.2) is 10.5 Å². The number of carbonyl (C=O) groups is 1. The van der Waals surface area contributed by atoms with E-state index in [1.807, 2.05) is 70.9 Å². The van der Waals surface area contributed by atoms with Gasteiger partial charge in [0, 0.05) is 12.4 Å². The Labute approximate surface area is 115 Å². The van der Waals surface area contributed by atoms with Crippen LogP contribution in [0.4, 0.5) is 5.69 Å². The van der Waals surface area contributed by atoms with Gasteiger partial charge in [0.2, 0.25) is 0 Å². The lowest BCUT2D eigenvalue weighted by molar-refractivity contribution is 0.103. The van der Waals surface area contributed by atoms with Gasteiger partial charge < -0.3 is 9.88 Å². The van der Waals surface area contributed by atoms with Crippen molar-refractivity contribution in [2.75, 3.05) is 5.32 Å². The highest BCUT2D eigenvalue weighted by Gasteiger charge is 2.10. The highest BCUT2D eigenvalue weighted by molar-refractivity contribution is 7.12. The van der Waals surface area contributed by atoms with Crippen molar-refractivity contribution in [3.05, 3.63) is 71.2 Å². The second-order valence-electron chi connectivity index (χ2n) is 4.04. The lowest BCUT2D eigenvalue weighted by atomic mass is 10.2. The first kappa shape index (κ1) is 11.7. The first-order valence-electron chi connectivity index (χ1n) is 5.92. The Hall–Kier alpha value is -2.33. The lowest BCUT2D eigenvalue weighted by Crippen LogP contribution is -2.12. The van der Waals surface area contributed by atoms with Crippen molar-refractivity contribution < 1.29 is 4.79 Å². The molecular weight excluding hydrogens is 256 g/mol. The van der Waals surface area contributed by atoms with Gasteiger partial charge in [-0.1, -0.05) is 18.2 Å². The maximum atomic E-state index is 12.1. The molecule has 0 saturated heterocycles. The van der Waals surface area contributed by atoms with E-state index in [2.05, 4.69) is 5.32 Å². The van der Waals surface area contributed by atoms with Crippen LogP contribution in [0.25, 0.3) is 5.69 Å². The van der Waals surface area contributed by atoms with Crippen molar-refractivity contribution >= 4 is 22.9 Å². The van der Waals surface area contributed by atoms with E-state index in [4.69, 9.17) is 0 Å². The molecule has 3 aromatic rings. The van der Waals surface area contributed by atoms with Crippen LogP contribution >= 0.6 is 11.3 Å². The van der Waals surface area contributed by atoms with Gasteiger partial charge in [0.05, 0.1) is 16.3 Å². The van der Waals surface area contributed by atoms with Gasteiger partial charge in [-0.05, 0) is 35.7 Å². The summed E-state index contributed by atoms with van der Waals surface area (Å²) in [6.07, 6.45) is 3.91. The van der Waals surface area contributed by atoms with E-state index in [9.17, 15) is 4.79 Å². The second-order valence-corrected chi connectivity index (χ2v) is 4.99. The van der Waals surface area contributed by atoms with Crippen LogP contribution in [0, 0.1) is 0 Å². The fourth-order valence-electron chi connectivity index (χ4n) is 1.89. The van der Waals surface area contributed by atoms with E-state index in [1.54, 1.807) is 0 Å². The fourth-order valence-corrected chi connectivity index (χ4v) is 2.51. The summed E-state index contributed by atoms with van der Waals surface area (Å²) < 4.78 is 1.98. The average molecular weight is 268 g/mol. The van der Waals surface area contributed by atoms with Crippen molar-refractivity contribution in [3.8, 4) is 5.69 Å². The van der Waals surface area contributed by atoms with Crippen LogP contribution in [-0.2, 0) is 0 Å². The minimum Gasteiger partial charge on any atom is -0.322 e. The number of carbonyl (C=O) groups excluding carboxylic acids is 1. The number of rotatable bonds is 3. The maximum absolute atomic E-state index is 12.1. The highest BCUT2D eigenvalue weighted by Crippen LogP contribution is 2.21. The first-order valence-corrected chi connectivity index (χ1v) is 6.80. The molecule has 0 unspecified atom stereocenters. The predicted molar refractivity (Wildman–Crippen MR) is 78.0 cm³/mol. The smallest absolute Gasteiger partial charge is 0.265 e. The third-order valence-corrected chi connectivity index (χ3v) is 3.65. The number of benzene rings is 1. The summed E-state index contributed by atoms with van der Waals surface area (Å²) in [7, 11) is 0. The van der Waals surface area contributed by atoms with Crippen LogP contribution < -0.4 is 5.32 Å². The summed E-state index contributed by atoms with van der Waals surface area (Å²) in [6.45, 7) is 0. The molecule has 1 aromatic carbocycles. The molecule has 0 aliphatic heterocycles. The van der Waals surface area contributed by atoms with Crippen molar-refractivity contribution in [3.63, 3.8) is 0 Å². The van der Waals surface area contributed by atoms with Crippen molar-refractivity contribution in [1.29, 1.82) is 0 Å². The number of anilines is 1. The molecule has 1 N–H and O–H groups in total. The Morgan fingerprint density at radius 1 is 1.00 bits per heavy atom. The molecule has 0 atom stereocenters.